The molecule has 2 aromatic heterocycles. The van der Waals surface area contributed by atoms with Gasteiger partial charge < -0.3 is 15.0 Å². The number of ether oxygens (including phenoxy) is 1. The Labute approximate surface area is 154 Å². The van der Waals surface area contributed by atoms with Crippen LogP contribution < -0.4 is 5.32 Å². The van der Waals surface area contributed by atoms with Gasteiger partial charge >= 0.3 is 0 Å². The average molecular weight is 363 g/mol. The Morgan fingerprint density at radius 2 is 2.22 bits per heavy atom. The fourth-order valence-corrected chi connectivity index (χ4v) is 3.81. The minimum absolute atomic E-state index is 0.207. The van der Waals surface area contributed by atoms with E-state index in [2.05, 4.69) is 42.6 Å². The van der Waals surface area contributed by atoms with Crippen LogP contribution in [0.1, 0.15) is 17.0 Å². The van der Waals surface area contributed by atoms with E-state index in [-0.39, 0.29) is 12.0 Å². The zero-order valence-electron chi connectivity index (χ0n) is 14.6. The molecule has 0 aliphatic carbocycles. The molecule has 3 aromatic rings. The van der Waals surface area contributed by atoms with Crippen molar-refractivity contribution >= 4 is 16.9 Å². The van der Waals surface area contributed by atoms with E-state index >= 15 is 0 Å². The highest BCUT2D eigenvalue weighted by Crippen LogP contribution is 2.44. The quantitative estimate of drug-likeness (QED) is 0.672. The molecule has 0 radical (unpaired) electrons. The number of hydrogen-bond acceptors (Lipinski definition) is 7. The molecule has 4 heterocycles. The van der Waals surface area contributed by atoms with Crippen molar-refractivity contribution in [1.82, 2.24) is 25.4 Å². The number of allylic oxidation sites excluding steroid dienone is 1. The fourth-order valence-electron chi connectivity index (χ4n) is 3.81. The van der Waals surface area contributed by atoms with E-state index in [4.69, 9.17) is 15.9 Å². The summed E-state index contributed by atoms with van der Waals surface area (Å²) < 4.78 is 10.9. The highest BCUT2D eigenvalue weighted by atomic mass is 16.6. The lowest BCUT2D eigenvalue weighted by Gasteiger charge is -2.35. The predicted molar refractivity (Wildman–Crippen MR) is 96.7 cm³/mol. The highest BCUT2D eigenvalue weighted by Gasteiger charge is 2.37. The van der Waals surface area contributed by atoms with Crippen molar-refractivity contribution < 1.29 is 9.37 Å². The third-order valence-electron chi connectivity index (χ3n) is 5.13. The first-order valence-electron chi connectivity index (χ1n) is 8.69. The van der Waals surface area contributed by atoms with Gasteiger partial charge in [-0.3, -0.25) is 5.10 Å². The molecule has 27 heavy (non-hydrogen) atoms. The van der Waals surface area contributed by atoms with Crippen molar-refractivity contribution in [2.45, 2.75) is 12.0 Å². The maximum Gasteiger partial charge on any atom is 0.198 e. The third kappa shape index (κ3) is 2.50. The van der Waals surface area contributed by atoms with Crippen molar-refractivity contribution in [3.05, 3.63) is 58.3 Å². The van der Waals surface area contributed by atoms with Crippen LogP contribution in [0.2, 0.25) is 0 Å². The normalized spacial score (nSPS) is 23.1. The van der Waals surface area contributed by atoms with E-state index < -0.39 is 0 Å². The van der Waals surface area contributed by atoms with Crippen molar-refractivity contribution in [3.63, 3.8) is 0 Å². The molecule has 0 saturated carbocycles. The largest absolute Gasteiger partial charge is 0.371 e. The van der Waals surface area contributed by atoms with E-state index in [0.29, 0.717) is 29.9 Å². The van der Waals surface area contributed by atoms with E-state index in [0.717, 1.165) is 29.2 Å². The van der Waals surface area contributed by atoms with Gasteiger partial charge in [-0.1, -0.05) is 12.1 Å². The number of aromatic amines is 1. The van der Waals surface area contributed by atoms with Gasteiger partial charge in [0.15, 0.2) is 5.70 Å². The maximum absolute atomic E-state index is 7.91. The van der Waals surface area contributed by atoms with Crippen LogP contribution in [0.4, 0.5) is 5.82 Å². The monoisotopic (exact) mass is 363 g/mol. The lowest BCUT2D eigenvalue weighted by atomic mass is 9.85. The molecular formula is C18H17N7O2. The molecule has 2 aliphatic heterocycles. The standard InChI is InChI=1S/C18H17N7O2/c1-19-17-14(10-4-3-5-12-15(10)24-27-23-12)11-8-20-22-18(11)21-16(17)13-9-25(2)6-7-26-13/h3-5,8,13-14H,6-7,9H2,2H3,(H2,20,21,22). The fraction of sp³-hybridized carbons (Fsp3) is 0.333. The smallest absolute Gasteiger partial charge is 0.198 e. The zero-order valence-corrected chi connectivity index (χ0v) is 14.6. The Kier molecular flexibility index (Phi) is 3.67. The van der Waals surface area contributed by atoms with E-state index in [9.17, 15) is 0 Å². The molecule has 0 bridgehead atoms. The van der Waals surface area contributed by atoms with Crippen LogP contribution in [0.3, 0.4) is 0 Å². The maximum atomic E-state index is 7.91. The van der Waals surface area contributed by atoms with Crippen LogP contribution >= 0.6 is 0 Å². The van der Waals surface area contributed by atoms with Gasteiger partial charge in [0.25, 0.3) is 0 Å². The number of hydrogen-bond donors (Lipinski definition) is 2. The Hall–Kier alpha value is -3.22. The summed E-state index contributed by atoms with van der Waals surface area (Å²) in [6.45, 7) is 10.1. The van der Waals surface area contributed by atoms with Gasteiger partial charge in [-0.2, -0.15) is 5.10 Å². The molecule has 136 valence electrons. The average Bonchev–Trinajstić information content (AvgIpc) is 3.35. The zero-order chi connectivity index (χ0) is 18.4. The molecule has 2 aliphatic rings. The first-order valence-corrected chi connectivity index (χ1v) is 8.69. The second-order valence-corrected chi connectivity index (χ2v) is 6.77. The molecule has 2 atom stereocenters. The summed E-state index contributed by atoms with van der Waals surface area (Å²) in [6.07, 6.45) is 1.54. The Morgan fingerprint density at radius 1 is 1.30 bits per heavy atom. The van der Waals surface area contributed by atoms with Crippen LogP contribution in [0.25, 0.3) is 15.9 Å². The number of morpholine rings is 1. The van der Waals surface area contributed by atoms with Gasteiger partial charge in [0.1, 0.15) is 23.0 Å². The van der Waals surface area contributed by atoms with Gasteiger partial charge in [0.2, 0.25) is 0 Å². The first kappa shape index (κ1) is 16.0. The van der Waals surface area contributed by atoms with Crippen LogP contribution in [-0.4, -0.2) is 58.3 Å². The van der Waals surface area contributed by atoms with E-state index in [1.54, 1.807) is 6.20 Å². The molecule has 0 amide bonds. The number of likely N-dealkylation sites (N-methyl/N-ethyl adjacent to an activating group) is 1. The molecule has 9 nitrogen and oxygen atoms in total. The molecule has 1 fully saturated rings. The van der Waals surface area contributed by atoms with Crippen LogP contribution in [0.5, 0.6) is 0 Å². The number of nitrogens with one attached hydrogen (secondary N) is 2. The Bertz CT molecular complexity index is 1080. The molecular weight excluding hydrogens is 346 g/mol. The highest BCUT2D eigenvalue weighted by molar-refractivity contribution is 5.80. The molecule has 9 heteroatoms. The summed E-state index contributed by atoms with van der Waals surface area (Å²) in [4.78, 5) is 6.10. The summed E-state index contributed by atoms with van der Waals surface area (Å²) in [6, 6.07) is 5.69. The number of benzene rings is 1. The molecule has 0 spiro atoms. The van der Waals surface area contributed by atoms with Crippen molar-refractivity contribution in [1.29, 1.82) is 0 Å². The number of rotatable bonds is 2. The lowest BCUT2D eigenvalue weighted by molar-refractivity contribution is 0.000791. The predicted octanol–water partition coefficient (Wildman–Crippen LogP) is 1.96. The van der Waals surface area contributed by atoms with Crippen molar-refractivity contribution in [2.75, 3.05) is 32.1 Å². The summed E-state index contributed by atoms with van der Waals surface area (Å²) in [5.74, 6) is 0.451. The van der Waals surface area contributed by atoms with Crippen molar-refractivity contribution in [2.24, 2.45) is 0 Å². The van der Waals surface area contributed by atoms with Gasteiger partial charge in [-0.05, 0) is 29.0 Å². The molecule has 2 unspecified atom stereocenters. The number of nitrogens with zero attached hydrogens (tertiary/aromatic N) is 5. The van der Waals surface area contributed by atoms with Crippen molar-refractivity contribution in [3.8, 4) is 0 Å². The SMILES string of the molecule is [C-]#[N+]C1=C(C2CN(C)CCO2)Nc2[nH]ncc2C1c1cccc2nonc12. The van der Waals surface area contributed by atoms with Gasteiger partial charge in [0.05, 0.1) is 25.3 Å². The Balaban J connectivity index is 1.70. The summed E-state index contributed by atoms with van der Waals surface area (Å²) >= 11 is 0. The van der Waals surface area contributed by atoms with Crippen LogP contribution in [-0.2, 0) is 4.74 Å². The van der Waals surface area contributed by atoms with E-state index in [1.165, 1.54) is 0 Å². The summed E-state index contributed by atoms with van der Waals surface area (Å²) in [5.41, 5.74) is 4.43. The molecule has 1 aromatic carbocycles. The number of fused-ring (bicyclic) bond motifs is 2. The van der Waals surface area contributed by atoms with Gasteiger partial charge in [0, 0.05) is 24.4 Å². The van der Waals surface area contributed by atoms with Gasteiger partial charge in [-0.15, -0.1) is 0 Å². The second kappa shape index (κ2) is 6.19. The number of aromatic nitrogens is 4. The molecule has 2 N–H and O–H groups in total. The summed E-state index contributed by atoms with van der Waals surface area (Å²) in [5, 5.41) is 18.5. The third-order valence-corrected chi connectivity index (χ3v) is 5.13. The number of H-pyrrole nitrogens is 1. The minimum atomic E-state index is -0.320. The molecule has 1 saturated heterocycles. The van der Waals surface area contributed by atoms with Crippen LogP contribution in [0.15, 0.2) is 40.4 Å². The van der Waals surface area contributed by atoms with Crippen LogP contribution in [0, 0.1) is 6.57 Å². The summed E-state index contributed by atoms with van der Waals surface area (Å²) in [7, 11) is 2.05. The first-order chi connectivity index (χ1) is 13.3. The second-order valence-electron chi connectivity index (χ2n) is 6.77. The van der Waals surface area contributed by atoms with Gasteiger partial charge in [-0.25, -0.2) is 9.47 Å². The lowest BCUT2D eigenvalue weighted by Crippen LogP contribution is -2.43. The van der Waals surface area contributed by atoms with E-state index in [1.807, 2.05) is 18.2 Å². The molecule has 5 rings (SSSR count). The topological polar surface area (TPSA) is 96.5 Å². The Morgan fingerprint density at radius 3 is 3.07 bits per heavy atom. The minimum Gasteiger partial charge on any atom is -0.371 e. The number of anilines is 1.